The van der Waals surface area contributed by atoms with Crippen molar-refractivity contribution in [3.63, 3.8) is 0 Å². The van der Waals surface area contributed by atoms with Gasteiger partial charge in [0.1, 0.15) is 13.2 Å². The first-order chi connectivity index (χ1) is 19.9. The van der Waals surface area contributed by atoms with E-state index in [1.165, 1.54) is 0 Å². The van der Waals surface area contributed by atoms with Crippen LogP contribution >= 0.6 is 11.8 Å². The van der Waals surface area contributed by atoms with E-state index >= 15 is 0 Å². The minimum atomic E-state index is -0.548. The van der Waals surface area contributed by atoms with Crippen LogP contribution in [0.5, 0.6) is 23.0 Å². The van der Waals surface area contributed by atoms with Crippen molar-refractivity contribution < 1.29 is 33.3 Å². The lowest BCUT2D eigenvalue weighted by atomic mass is 10.0. The fraction of sp³-hybridized carbons (Fsp3) is 0.194. The Hall–Kier alpha value is -4.70. The maximum Gasteiger partial charge on any atom is 0.294 e. The molecule has 5 rings (SSSR count). The Morgan fingerprint density at radius 3 is 2.66 bits per heavy atom. The van der Waals surface area contributed by atoms with E-state index in [0.29, 0.717) is 53.9 Å². The molecule has 1 N–H and O–H groups in total. The molecule has 41 heavy (non-hydrogen) atoms. The first-order valence-corrected chi connectivity index (χ1v) is 13.8. The number of carbonyl (C=O) groups excluding carboxylic acids is 3. The minimum Gasteiger partial charge on any atom is -0.490 e. The summed E-state index contributed by atoms with van der Waals surface area (Å²) < 4.78 is 22.7. The number of allylic oxidation sites excluding steroid dienone is 1. The van der Waals surface area contributed by atoms with E-state index in [1.54, 1.807) is 36.4 Å². The maximum atomic E-state index is 13.1. The molecule has 0 spiro atoms. The normalized spacial score (nSPS) is 14.9. The third-order valence-electron chi connectivity index (χ3n) is 6.17. The van der Waals surface area contributed by atoms with Gasteiger partial charge in [0.2, 0.25) is 12.7 Å². The first kappa shape index (κ1) is 27.9. The number of nitrogens with zero attached hydrogens (tertiary/aromatic N) is 1. The lowest BCUT2D eigenvalue weighted by Crippen LogP contribution is -2.36. The fourth-order valence-electron chi connectivity index (χ4n) is 4.34. The molecule has 3 aromatic carbocycles. The van der Waals surface area contributed by atoms with Gasteiger partial charge in [-0.3, -0.25) is 19.3 Å². The predicted octanol–water partition coefficient (Wildman–Crippen LogP) is 5.80. The number of thioether (sulfide) groups is 1. The van der Waals surface area contributed by atoms with Crippen molar-refractivity contribution in [1.29, 1.82) is 0 Å². The first-order valence-electron chi connectivity index (χ1n) is 13.0. The summed E-state index contributed by atoms with van der Waals surface area (Å²) in [6.07, 6.45) is 3.89. The van der Waals surface area contributed by atoms with Crippen LogP contribution in [0.3, 0.4) is 0 Å². The van der Waals surface area contributed by atoms with E-state index in [2.05, 4.69) is 11.9 Å². The number of ether oxygens (including phenoxy) is 4. The van der Waals surface area contributed by atoms with Crippen LogP contribution in [0, 0.1) is 0 Å². The van der Waals surface area contributed by atoms with Crippen LogP contribution in [0.15, 0.2) is 78.2 Å². The Balaban J connectivity index is 1.32. The van der Waals surface area contributed by atoms with Crippen LogP contribution in [-0.4, -0.2) is 41.9 Å². The summed E-state index contributed by atoms with van der Waals surface area (Å²) in [5.41, 5.74) is 2.97. The summed E-state index contributed by atoms with van der Waals surface area (Å²) in [6, 6.07) is 18.4. The number of hydrogen-bond donors (Lipinski definition) is 1. The van der Waals surface area contributed by atoms with Crippen LogP contribution in [0.1, 0.15) is 23.6 Å². The van der Waals surface area contributed by atoms with E-state index in [-0.39, 0.29) is 11.7 Å². The monoisotopic (exact) mass is 572 g/mol. The highest BCUT2D eigenvalue weighted by Crippen LogP contribution is 2.38. The molecule has 10 heteroatoms. The van der Waals surface area contributed by atoms with Crippen molar-refractivity contribution in [3.05, 3.63) is 94.9 Å². The number of nitrogens with one attached hydrogen (secondary N) is 1. The topological polar surface area (TPSA) is 103 Å². The quantitative estimate of drug-likeness (QED) is 0.227. The van der Waals surface area contributed by atoms with Gasteiger partial charge in [0.15, 0.2) is 23.0 Å². The summed E-state index contributed by atoms with van der Waals surface area (Å²) >= 11 is 0.781. The molecule has 3 aromatic rings. The molecule has 9 nitrogen and oxygen atoms in total. The standard InChI is InChI=1S/C31H28N2O7S/c1-3-8-22-13-21(14-26(37-4-2)29(22)38-18-20-9-6-5-7-10-20)15-27-30(35)33(31(36)41-27)17-28(34)32-23-11-12-24-25(16-23)40-19-39-24/h3,5-7,9-16H,1,4,8,17-19H2,2H3,(H,32,34)/b27-15-. The van der Waals surface area contributed by atoms with Gasteiger partial charge >= 0.3 is 0 Å². The van der Waals surface area contributed by atoms with Gasteiger partial charge < -0.3 is 24.3 Å². The summed E-state index contributed by atoms with van der Waals surface area (Å²) in [7, 11) is 0. The third kappa shape index (κ3) is 6.55. The molecule has 2 heterocycles. The summed E-state index contributed by atoms with van der Waals surface area (Å²) in [5, 5.41) is 2.16. The molecule has 0 aromatic heterocycles. The molecule has 0 radical (unpaired) electrons. The summed E-state index contributed by atoms with van der Waals surface area (Å²) in [4.78, 5) is 39.6. The second-order valence-corrected chi connectivity index (χ2v) is 10.1. The van der Waals surface area contributed by atoms with Crippen LogP contribution in [0.4, 0.5) is 10.5 Å². The molecule has 0 aliphatic carbocycles. The number of carbonyl (C=O) groups is 3. The molecular formula is C31H28N2O7S. The molecule has 0 atom stereocenters. The molecule has 210 valence electrons. The minimum absolute atomic E-state index is 0.112. The molecule has 0 bridgehead atoms. The van der Waals surface area contributed by atoms with Gasteiger partial charge in [0.05, 0.1) is 11.5 Å². The summed E-state index contributed by atoms with van der Waals surface area (Å²) in [6.45, 7) is 6.19. The molecule has 3 amide bonds. The molecule has 2 aliphatic rings. The SMILES string of the molecule is C=CCc1cc(/C=C2\SC(=O)N(CC(=O)Nc3ccc4c(c3)OCO4)C2=O)cc(OCC)c1OCc1ccccc1. The van der Waals surface area contributed by atoms with Crippen molar-refractivity contribution >= 4 is 40.6 Å². The van der Waals surface area contributed by atoms with Crippen LogP contribution < -0.4 is 24.3 Å². The van der Waals surface area contributed by atoms with E-state index < -0.39 is 23.6 Å². The van der Waals surface area contributed by atoms with E-state index in [9.17, 15) is 14.4 Å². The lowest BCUT2D eigenvalue weighted by Gasteiger charge is -2.17. The number of hydrogen-bond acceptors (Lipinski definition) is 8. The van der Waals surface area contributed by atoms with Crippen molar-refractivity contribution in [1.82, 2.24) is 4.90 Å². The van der Waals surface area contributed by atoms with Crippen LogP contribution in [0.25, 0.3) is 6.08 Å². The Morgan fingerprint density at radius 1 is 1.07 bits per heavy atom. The highest BCUT2D eigenvalue weighted by Gasteiger charge is 2.36. The zero-order chi connectivity index (χ0) is 28.8. The number of benzene rings is 3. The van der Waals surface area contributed by atoms with Gasteiger partial charge in [-0.2, -0.15) is 0 Å². The second-order valence-electron chi connectivity index (χ2n) is 9.09. The van der Waals surface area contributed by atoms with E-state index in [4.69, 9.17) is 18.9 Å². The van der Waals surface area contributed by atoms with Gasteiger partial charge in [0.25, 0.3) is 11.1 Å². The Morgan fingerprint density at radius 2 is 1.88 bits per heavy atom. The van der Waals surface area contributed by atoms with Gasteiger partial charge in [-0.25, -0.2) is 0 Å². The van der Waals surface area contributed by atoms with Crippen LogP contribution in [-0.2, 0) is 22.6 Å². The zero-order valence-electron chi connectivity index (χ0n) is 22.4. The van der Waals surface area contributed by atoms with Gasteiger partial charge in [-0.1, -0.05) is 36.4 Å². The average Bonchev–Trinajstić information content (AvgIpc) is 3.53. The molecular weight excluding hydrogens is 544 g/mol. The molecule has 0 saturated carbocycles. The van der Waals surface area contributed by atoms with E-state index in [0.717, 1.165) is 27.8 Å². The maximum absolute atomic E-state index is 13.1. The Labute approximate surface area is 241 Å². The molecule has 0 unspecified atom stereocenters. The van der Waals surface area contributed by atoms with Gasteiger partial charge in [-0.05, 0) is 66.6 Å². The van der Waals surface area contributed by atoms with Crippen molar-refractivity contribution in [2.24, 2.45) is 0 Å². The molecule has 2 aliphatic heterocycles. The molecule has 1 fully saturated rings. The van der Waals surface area contributed by atoms with Gasteiger partial charge in [0, 0.05) is 17.3 Å². The molecule has 1 saturated heterocycles. The number of imide groups is 1. The predicted molar refractivity (Wildman–Crippen MR) is 156 cm³/mol. The Kier molecular flexibility index (Phi) is 8.59. The summed E-state index contributed by atoms with van der Waals surface area (Å²) in [5.74, 6) is 1.15. The largest absolute Gasteiger partial charge is 0.490 e. The number of amides is 3. The second kappa shape index (κ2) is 12.6. The Bertz CT molecular complexity index is 1520. The average molecular weight is 573 g/mol. The number of rotatable bonds is 11. The zero-order valence-corrected chi connectivity index (χ0v) is 23.2. The van der Waals surface area contributed by atoms with Crippen LogP contribution in [0.2, 0.25) is 0 Å². The van der Waals surface area contributed by atoms with Gasteiger partial charge in [-0.15, -0.1) is 6.58 Å². The smallest absolute Gasteiger partial charge is 0.294 e. The fourth-order valence-corrected chi connectivity index (χ4v) is 5.17. The highest BCUT2D eigenvalue weighted by molar-refractivity contribution is 8.18. The number of fused-ring (bicyclic) bond motifs is 1. The number of anilines is 1. The van der Waals surface area contributed by atoms with Crippen molar-refractivity contribution in [3.8, 4) is 23.0 Å². The lowest BCUT2D eigenvalue weighted by molar-refractivity contribution is -0.127. The van der Waals surface area contributed by atoms with Crippen molar-refractivity contribution in [2.75, 3.05) is 25.3 Å². The van der Waals surface area contributed by atoms with E-state index in [1.807, 2.05) is 43.3 Å². The highest BCUT2D eigenvalue weighted by atomic mass is 32.2. The van der Waals surface area contributed by atoms with Crippen molar-refractivity contribution in [2.45, 2.75) is 20.0 Å². The third-order valence-corrected chi connectivity index (χ3v) is 7.08.